The highest BCUT2D eigenvalue weighted by Gasteiger charge is 2.23. The number of nitrogens with one attached hydrogen (secondary N) is 1. The smallest absolute Gasteiger partial charge is 0.318 e. The zero-order chi connectivity index (χ0) is 18.1. The van der Waals surface area contributed by atoms with E-state index in [2.05, 4.69) is 33.6 Å². The Hall–Kier alpha value is -3.16. The molecule has 3 aromatic rings. The van der Waals surface area contributed by atoms with Gasteiger partial charge in [-0.3, -0.25) is 0 Å². The Morgan fingerprint density at radius 3 is 2.92 bits per heavy atom. The zero-order valence-electron chi connectivity index (χ0n) is 14.8. The third-order valence-electron chi connectivity index (χ3n) is 4.68. The Balaban J connectivity index is 1.43. The maximum Gasteiger partial charge on any atom is 0.318 e. The van der Waals surface area contributed by atoms with Crippen LogP contribution in [0.1, 0.15) is 30.0 Å². The van der Waals surface area contributed by atoms with Crippen LogP contribution in [0.5, 0.6) is 0 Å². The summed E-state index contributed by atoms with van der Waals surface area (Å²) < 4.78 is 3.81. The van der Waals surface area contributed by atoms with Crippen molar-refractivity contribution >= 4 is 6.03 Å². The number of hydrogen-bond acceptors (Lipinski definition) is 4. The molecule has 2 amide bonds. The molecule has 3 heterocycles. The van der Waals surface area contributed by atoms with E-state index in [1.165, 1.54) is 0 Å². The Bertz CT molecular complexity index is 929. The maximum atomic E-state index is 12.6. The number of carbonyl (C=O) groups excluding carboxylic acids is 1. The first-order valence-electron chi connectivity index (χ1n) is 8.65. The van der Waals surface area contributed by atoms with E-state index in [0.29, 0.717) is 19.6 Å². The molecule has 0 radical (unpaired) electrons. The van der Waals surface area contributed by atoms with Gasteiger partial charge in [0.2, 0.25) is 0 Å². The molecule has 0 aliphatic carbocycles. The van der Waals surface area contributed by atoms with Gasteiger partial charge in [-0.1, -0.05) is 18.2 Å². The molecule has 8 heteroatoms. The summed E-state index contributed by atoms with van der Waals surface area (Å²) in [4.78, 5) is 14.3. The van der Waals surface area contributed by atoms with Crippen molar-refractivity contribution in [3.63, 3.8) is 0 Å². The third-order valence-corrected chi connectivity index (χ3v) is 4.68. The van der Waals surface area contributed by atoms with Crippen LogP contribution in [-0.4, -0.2) is 42.0 Å². The molecule has 0 spiro atoms. The van der Waals surface area contributed by atoms with Crippen LogP contribution >= 0.6 is 0 Å². The summed E-state index contributed by atoms with van der Waals surface area (Å²) in [6.07, 6.45) is 3.62. The summed E-state index contributed by atoms with van der Waals surface area (Å²) in [5.41, 5.74) is 3.01. The second-order valence-corrected chi connectivity index (χ2v) is 6.50. The zero-order valence-corrected chi connectivity index (χ0v) is 14.8. The number of fused-ring (bicyclic) bond motifs is 1. The molecule has 0 bridgehead atoms. The van der Waals surface area contributed by atoms with Gasteiger partial charge >= 0.3 is 6.03 Å². The first-order valence-corrected chi connectivity index (χ1v) is 8.65. The number of rotatable bonds is 3. The first-order chi connectivity index (χ1) is 12.6. The lowest BCUT2D eigenvalue weighted by atomic mass is 10.2. The molecule has 0 saturated heterocycles. The van der Waals surface area contributed by atoms with Gasteiger partial charge in [-0.25, -0.2) is 9.48 Å². The van der Waals surface area contributed by atoms with Gasteiger partial charge in [0.25, 0.3) is 0 Å². The maximum absolute atomic E-state index is 12.6. The lowest BCUT2D eigenvalue weighted by Crippen LogP contribution is -2.45. The van der Waals surface area contributed by atoms with Crippen molar-refractivity contribution in [2.75, 3.05) is 6.54 Å². The highest BCUT2D eigenvalue weighted by molar-refractivity contribution is 5.74. The van der Waals surface area contributed by atoms with Crippen LogP contribution < -0.4 is 5.32 Å². The molecule has 2 aromatic heterocycles. The Kier molecular flexibility index (Phi) is 4.16. The number of carbonyl (C=O) groups is 1. The largest absolute Gasteiger partial charge is 0.330 e. The molecule has 26 heavy (non-hydrogen) atoms. The van der Waals surface area contributed by atoms with E-state index in [1.54, 1.807) is 11.2 Å². The van der Waals surface area contributed by atoms with E-state index in [4.69, 9.17) is 0 Å². The van der Waals surface area contributed by atoms with E-state index in [-0.39, 0.29) is 12.1 Å². The van der Waals surface area contributed by atoms with Crippen LogP contribution in [0.3, 0.4) is 0 Å². The Morgan fingerprint density at radius 1 is 1.23 bits per heavy atom. The minimum absolute atomic E-state index is 0.114. The number of nitrogens with zero attached hydrogens (tertiary/aromatic N) is 6. The summed E-state index contributed by atoms with van der Waals surface area (Å²) in [6.45, 7) is 5.81. The number of urea groups is 1. The first kappa shape index (κ1) is 16.3. The van der Waals surface area contributed by atoms with Crippen LogP contribution in [0.15, 0.2) is 42.9 Å². The molecule has 1 aromatic carbocycles. The van der Waals surface area contributed by atoms with Gasteiger partial charge in [0.05, 0.1) is 24.0 Å². The quantitative estimate of drug-likeness (QED) is 0.783. The average Bonchev–Trinajstić information content (AvgIpc) is 3.31. The molecule has 4 rings (SSSR count). The lowest BCUT2D eigenvalue weighted by Gasteiger charge is -2.28. The molecule has 134 valence electrons. The van der Waals surface area contributed by atoms with Crippen molar-refractivity contribution in [2.45, 2.75) is 33.0 Å². The summed E-state index contributed by atoms with van der Waals surface area (Å²) in [5.74, 6) is 0.808. The fraction of sp³-hybridized carbons (Fsp3) is 0.333. The number of hydrogen-bond donors (Lipinski definition) is 1. The summed E-state index contributed by atoms with van der Waals surface area (Å²) in [6, 6.07) is 9.71. The van der Waals surface area contributed by atoms with Crippen molar-refractivity contribution in [3.05, 3.63) is 59.9 Å². The topological polar surface area (TPSA) is 80.9 Å². The highest BCUT2D eigenvalue weighted by Crippen LogP contribution is 2.17. The second-order valence-electron chi connectivity index (χ2n) is 6.50. The number of benzene rings is 1. The van der Waals surface area contributed by atoms with Crippen LogP contribution in [0.4, 0.5) is 4.79 Å². The Labute approximate surface area is 151 Å². The molecule has 1 aliphatic rings. The summed E-state index contributed by atoms with van der Waals surface area (Å²) in [7, 11) is 0. The third kappa shape index (κ3) is 3.05. The fourth-order valence-electron chi connectivity index (χ4n) is 3.11. The fourth-order valence-corrected chi connectivity index (χ4v) is 3.11. The van der Waals surface area contributed by atoms with E-state index in [1.807, 2.05) is 46.6 Å². The second kappa shape index (κ2) is 6.62. The van der Waals surface area contributed by atoms with Crippen LogP contribution in [0.2, 0.25) is 0 Å². The molecule has 0 saturated carbocycles. The van der Waals surface area contributed by atoms with Gasteiger partial charge in [-0.15, -0.1) is 10.2 Å². The lowest BCUT2D eigenvalue weighted by molar-refractivity contribution is 0.179. The molecule has 8 nitrogen and oxygen atoms in total. The molecule has 1 unspecified atom stereocenters. The van der Waals surface area contributed by atoms with Crippen molar-refractivity contribution in [3.8, 4) is 5.69 Å². The highest BCUT2D eigenvalue weighted by atomic mass is 16.2. The summed E-state index contributed by atoms with van der Waals surface area (Å²) >= 11 is 0. The molecule has 1 aliphatic heterocycles. The van der Waals surface area contributed by atoms with Crippen molar-refractivity contribution in [2.24, 2.45) is 0 Å². The van der Waals surface area contributed by atoms with E-state index < -0.39 is 0 Å². The van der Waals surface area contributed by atoms with Gasteiger partial charge < -0.3 is 14.8 Å². The number of para-hydroxylation sites is 1. The Morgan fingerprint density at radius 2 is 2.08 bits per heavy atom. The predicted octanol–water partition coefficient (Wildman–Crippen LogP) is 2.06. The standard InChI is InChI=1S/C18H21N7O/c1-13-5-3-4-6-16(13)25-8-7-15(22-25)14(2)20-18(26)23-9-10-24-12-19-21-17(24)11-23/h3-8,12,14H,9-11H2,1-2H3,(H,20,26). The number of amides is 2. The van der Waals surface area contributed by atoms with E-state index in [9.17, 15) is 4.79 Å². The average molecular weight is 351 g/mol. The molecule has 1 atom stereocenters. The molecular weight excluding hydrogens is 330 g/mol. The minimum Gasteiger partial charge on any atom is -0.330 e. The van der Waals surface area contributed by atoms with E-state index in [0.717, 1.165) is 22.8 Å². The SMILES string of the molecule is Cc1ccccc1-n1ccc(C(C)NC(=O)N2CCn3cnnc3C2)n1. The van der Waals surface area contributed by atoms with Gasteiger partial charge in [0.1, 0.15) is 6.33 Å². The van der Waals surface area contributed by atoms with Gasteiger partial charge in [0, 0.05) is 19.3 Å². The van der Waals surface area contributed by atoms with Crippen molar-refractivity contribution in [1.82, 2.24) is 34.8 Å². The van der Waals surface area contributed by atoms with E-state index >= 15 is 0 Å². The van der Waals surface area contributed by atoms with Crippen molar-refractivity contribution in [1.29, 1.82) is 0 Å². The summed E-state index contributed by atoms with van der Waals surface area (Å²) in [5, 5.41) is 15.6. The van der Waals surface area contributed by atoms with Gasteiger partial charge in [-0.2, -0.15) is 5.10 Å². The molecule has 1 N–H and O–H groups in total. The molecular formula is C18H21N7O. The number of aromatic nitrogens is 5. The monoisotopic (exact) mass is 351 g/mol. The van der Waals surface area contributed by atoms with Gasteiger partial charge in [0.15, 0.2) is 5.82 Å². The predicted molar refractivity (Wildman–Crippen MR) is 95.7 cm³/mol. The molecule has 0 fully saturated rings. The van der Waals surface area contributed by atoms with Crippen molar-refractivity contribution < 1.29 is 4.79 Å². The van der Waals surface area contributed by atoms with Crippen LogP contribution in [0.25, 0.3) is 5.69 Å². The van der Waals surface area contributed by atoms with Crippen LogP contribution in [0, 0.1) is 6.92 Å². The van der Waals surface area contributed by atoms with Gasteiger partial charge in [-0.05, 0) is 31.5 Å². The number of aryl methyl sites for hydroxylation is 1. The minimum atomic E-state index is -0.187. The normalized spacial score (nSPS) is 14.8. The van der Waals surface area contributed by atoms with Crippen LogP contribution in [-0.2, 0) is 13.1 Å².